The number of nitrogens with zero attached hydrogens (tertiary/aromatic N) is 3. The molecular formula is C14H16N4O2S. The monoisotopic (exact) mass is 304 g/mol. The first-order valence-electron chi connectivity index (χ1n) is 6.73. The SMILES string of the molecule is CC(C)c1nc(CS(=O)Cc2nc3ccccc3[nH]2)no1. The Hall–Kier alpha value is -2.02. The van der Waals surface area contributed by atoms with Crippen LogP contribution in [0.3, 0.4) is 0 Å². The van der Waals surface area contributed by atoms with Gasteiger partial charge in [-0.3, -0.25) is 4.21 Å². The minimum absolute atomic E-state index is 0.176. The van der Waals surface area contributed by atoms with E-state index in [1.54, 1.807) is 0 Å². The first-order valence-corrected chi connectivity index (χ1v) is 8.21. The molecule has 0 fully saturated rings. The molecule has 0 radical (unpaired) electrons. The third-order valence-corrected chi connectivity index (χ3v) is 4.18. The van der Waals surface area contributed by atoms with Crippen LogP contribution in [-0.2, 0) is 22.3 Å². The highest BCUT2D eigenvalue weighted by Crippen LogP contribution is 2.14. The number of imidazole rings is 1. The van der Waals surface area contributed by atoms with Crippen LogP contribution in [-0.4, -0.2) is 24.3 Å². The molecule has 1 unspecified atom stereocenters. The number of rotatable bonds is 5. The molecule has 1 N–H and O–H groups in total. The molecule has 21 heavy (non-hydrogen) atoms. The number of fused-ring (bicyclic) bond motifs is 1. The second kappa shape index (κ2) is 5.77. The Labute approximate surface area is 124 Å². The minimum atomic E-state index is -1.13. The van der Waals surface area contributed by atoms with E-state index in [0.717, 1.165) is 11.0 Å². The van der Waals surface area contributed by atoms with E-state index in [-0.39, 0.29) is 11.7 Å². The summed E-state index contributed by atoms with van der Waals surface area (Å²) >= 11 is 0. The molecule has 0 aliphatic heterocycles. The summed E-state index contributed by atoms with van der Waals surface area (Å²) in [5.41, 5.74) is 1.83. The zero-order valence-corrected chi connectivity index (χ0v) is 12.7. The topological polar surface area (TPSA) is 84.7 Å². The fourth-order valence-electron chi connectivity index (χ4n) is 1.98. The maximum absolute atomic E-state index is 12.2. The fourth-order valence-corrected chi connectivity index (χ4v) is 2.93. The number of hydrogen-bond donors (Lipinski definition) is 1. The van der Waals surface area contributed by atoms with E-state index >= 15 is 0 Å². The standard InChI is InChI=1S/C14H16N4O2S/c1-9(2)14-17-13(18-20-14)8-21(19)7-12-15-10-5-3-4-6-11(10)16-12/h3-6,9H,7-8H2,1-2H3,(H,15,16). The van der Waals surface area contributed by atoms with Gasteiger partial charge in [0.1, 0.15) is 5.82 Å². The fraction of sp³-hybridized carbons (Fsp3) is 0.357. The molecule has 1 aromatic carbocycles. The van der Waals surface area contributed by atoms with Gasteiger partial charge in [0.25, 0.3) is 0 Å². The van der Waals surface area contributed by atoms with Crippen LogP contribution >= 0.6 is 0 Å². The predicted molar refractivity (Wildman–Crippen MR) is 80.0 cm³/mol. The van der Waals surface area contributed by atoms with Gasteiger partial charge in [-0.25, -0.2) is 4.98 Å². The van der Waals surface area contributed by atoms with Gasteiger partial charge in [0, 0.05) is 16.7 Å². The third-order valence-electron chi connectivity index (χ3n) is 3.00. The molecule has 0 aliphatic carbocycles. The lowest BCUT2D eigenvalue weighted by Gasteiger charge is -1.95. The molecule has 0 spiro atoms. The predicted octanol–water partition coefficient (Wildman–Crippen LogP) is 2.52. The average molecular weight is 304 g/mol. The molecule has 7 heteroatoms. The molecule has 0 saturated carbocycles. The Bertz CT molecular complexity index is 745. The van der Waals surface area contributed by atoms with Crippen molar-refractivity contribution in [2.75, 3.05) is 0 Å². The molecule has 6 nitrogen and oxygen atoms in total. The lowest BCUT2D eigenvalue weighted by atomic mass is 10.2. The molecule has 2 heterocycles. The Morgan fingerprint density at radius 1 is 1.24 bits per heavy atom. The number of benzene rings is 1. The van der Waals surface area contributed by atoms with E-state index in [2.05, 4.69) is 20.1 Å². The summed E-state index contributed by atoms with van der Waals surface area (Å²) in [5.74, 6) is 2.56. The van der Waals surface area contributed by atoms with Gasteiger partial charge in [0.2, 0.25) is 5.89 Å². The highest BCUT2D eigenvalue weighted by Gasteiger charge is 2.14. The van der Waals surface area contributed by atoms with Crippen LogP contribution in [0.1, 0.15) is 37.3 Å². The van der Waals surface area contributed by atoms with Crippen molar-refractivity contribution in [1.82, 2.24) is 20.1 Å². The molecule has 0 amide bonds. The van der Waals surface area contributed by atoms with E-state index in [1.165, 1.54) is 0 Å². The van der Waals surface area contributed by atoms with Crippen LogP contribution in [0.25, 0.3) is 11.0 Å². The van der Waals surface area contributed by atoms with Gasteiger partial charge < -0.3 is 9.51 Å². The molecule has 2 aromatic heterocycles. The molecule has 1 atom stereocenters. The van der Waals surface area contributed by atoms with Crippen molar-refractivity contribution >= 4 is 21.8 Å². The van der Waals surface area contributed by atoms with Gasteiger partial charge >= 0.3 is 0 Å². The number of H-pyrrole nitrogens is 1. The highest BCUT2D eigenvalue weighted by molar-refractivity contribution is 7.83. The quantitative estimate of drug-likeness (QED) is 0.783. The lowest BCUT2D eigenvalue weighted by molar-refractivity contribution is 0.362. The zero-order valence-electron chi connectivity index (χ0n) is 11.9. The van der Waals surface area contributed by atoms with Crippen molar-refractivity contribution in [3.63, 3.8) is 0 Å². The summed E-state index contributed by atoms with van der Waals surface area (Å²) in [5, 5.41) is 3.85. The molecule has 0 saturated heterocycles. The Morgan fingerprint density at radius 2 is 2.05 bits per heavy atom. The second-order valence-electron chi connectivity index (χ2n) is 5.13. The summed E-state index contributed by atoms with van der Waals surface area (Å²) in [6.07, 6.45) is 0. The number of hydrogen-bond acceptors (Lipinski definition) is 5. The van der Waals surface area contributed by atoms with E-state index in [0.29, 0.717) is 23.3 Å². The number of nitrogens with one attached hydrogen (secondary N) is 1. The zero-order chi connectivity index (χ0) is 14.8. The second-order valence-corrected chi connectivity index (χ2v) is 6.59. The summed E-state index contributed by atoms with van der Waals surface area (Å²) in [7, 11) is -1.13. The van der Waals surface area contributed by atoms with Crippen LogP contribution in [0.15, 0.2) is 28.8 Å². The summed E-state index contributed by atoms with van der Waals surface area (Å²) in [6.45, 7) is 3.95. The van der Waals surface area contributed by atoms with Gasteiger partial charge in [-0.05, 0) is 12.1 Å². The van der Waals surface area contributed by atoms with Crippen LogP contribution in [0.2, 0.25) is 0 Å². The number of aromatic amines is 1. The smallest absolute Gasteiger partial charge is 0.229 e. The van der Waals surface area contributed by atoms with Crippen molar-refractivity contribution in [1.29, 1.82) is 0 Å². The van der Waals surface area contributed by atoms with Crippen LogP contribution in [0.4, 0.5) is 0 Å². The molecule has 3 aromatic rings. The van der Waals surface area contributed by atoms with E-state index in [1.807, 2.05) is 38.1 Å². The van der Waals surface area contributed by atoms with Gasteiger partial charge in [-0.1, -0.05) is 31.1 Å². The van der Waals surface area contributed by atoms with Gasteiger partial charge in [0.05, 0.1) is 22.5 Å². The van der Waals surface area contributed by atoms with E-state index in [4.69, 9.17) is 4.52 Å². The Morgan fingerprint density at radius 3 is 2.76 bits per heavy atom. The maximum Gasteiger partial charge on any atom is 0.229 e. The van der Waals surface area contributed by atoms with Crippen LogP contribution in [0, 0.1) is 0 Å². The van der Waals surface area contributed by atoms with E-state index < -0.39 is 10.8 Å². The first kappa shape index (κ1) is 13.9. The maximum atomic E-state index is 12.2. The first-order chi connectivity index (χ1) is 10.1. The molecular weight excluding hydrogens is 288 g/mol. The van der Waals surface area contributed by atoms with Gasteiger partial charge in [-0.2, -0.15) is 4.98 Å². The normalized spacial score (nSPS) is 13.1. The van der Waals surface area contributed by atoms with Gasteiger partial charge in [-0.15, -0.1) is 0 Å². The van der Waals surface area contributed by atoms with Crippen molar-refractivity contribution in [2.45, 2.75) is 31.3 Å². The van der Waals surface area contributed by atoms with E-state index in [9.17, 15) is 4.21 Å². The van der Waals surface area contributed by atoms with Crippen LogP contribution in [0.5, 0.6) is 0 Å². The van der Waals surface area contributed by atoms with Crippen LogP contribution < -0.4 is 0 Å². The Balaban J connectivity index is 1.68. The lowest BCUT2D eigenvalue weighted by Crippen LogP contribution is -2.02. The average Bonchev–Trinajstić information content (AvgIpc) is 3.04. The molecule has 0 aliphatic rings. The van der Waals surface area contributed by atoms with Crippen molar-refractivity contribution < 1.29 is 8.73 Å². The van der Waals surface area contributed by atoms with Gasteiger partial charge in [0.15, 0.2) is 5.82 Å². The minimum Gasteiger partial charge on any atom is -0.341 e. The summed E-state index contributed by atoms with van der Waals surface area (Å²) in [6, 6.07) is 7.74. The molecule has 110 valence electrons. The Kier molecular flexibility index (Phi) is 3.83. The number of para-hydroxylation sites is 2. The summed E-state index contributed by atoms with van der Waals surface area (Å²) in [4.78, 5) is 11.8. The third kappa shape index (κ3) is 3.18. The molecule has 3 rings (SSSR count). The van der Waals surface area contributed by atoms with Crippen molar-refractivity contribution in [3.8, 4) is 0 Å². The highest BCUT2D eigenvalue weighted by atomic mass is 32.2. The summed E-state index contributed by atoms with van der Waals surface area (Å²) < 4.78 is 17.3. The van der Waals surface area contributed by atoms with Crippen molar-refractivity contribution in [3.05, 3.63) is 41.8 Å². The largest absolute Gasteiger partial charge is 0.341 e. The van der Waals surface area contributed by atoms with Crippen molar-refractivity contribution in [2.24, 2.45) is 0 Å². The number of aromatic nitrogens is 4. The molecule has 0 bridgehead atoms.